The van der Waals surface area contributed by atoms with Crippen LogP contribution < -0.4 is 11.0 Å². The average Bonchev–Trinajstić information content (AvgIpc) is 3.22. The molecule has 140 valence electrons. The highest BCUT2D eigenvalue weighted by atomic mass is 16.3. The molecule has 0 spiro atoms. The lowest BCUT2D eigenvalue weighted by Gasteiger charge is -2.11. The fourth-order valence-corrected chi connectivity index (χ4v) is 3.61. The molecule has 7 heteroatoms. The van der Waals surface area contributed by atoms with Gasteiger partial charge in [-0.2, -0.15) is 5.26 Å². The number of aromatic nitrogens is 2. The van der Waals surface area contributed by atoms with E-state index in [1.54, 1.807) is 12.1 Å². The van der Waals surface area contributed by atoms with Crippen LogP contribution in [0.5, 0.6) is 5.88 Å². The number of aromatic hydroxyl groups is 1. The van der Waals surface area contributed by atoms with Crippen molar-refractivity contribution in [2.75, 3.05) is 0 Å². The maximum absolute atomic E-state index is 12.2. The van der Waals surface area contributed by atoms with Gasteiger partial charge in [-0.25, -0.2) is 4.79 Å². The molecule has 4 N–H and O–H groups in total. The van der Waals surface area contributed by atoms with Gasteiger partial charge in [0.25, 0.3) is 0 Å². The van der Waals surface area contributed by atoms with Crippen molar-refractivity contribution >= 4 is 5.91 Å². The van der Waals surface area contributed by atoms with Gasteiger partial charge in [-0.05, 0) is 47.2 Å². The van der Waals surface area contributed by atoms with Crippen molar-refractivity contribution in [2.24, 2.45) is 0 Å². The molecule has 28 heavy (non-hydrogen) atoms. The number of aromatic amines is 2. The third-order valence-electron chi connectivity index (χ3n) is 4.97. The second-order valence-corrected chi connectivity index (χ2v) is 6.93. The number of carbonyl (C=O) groups is 1. The molecule has 7 nitrogen and oxygen atoms in total. The molecular formula is C21H18N4O3. The van der Waals surface area contributed by atoms with Crippen LogP contribution >= 0.6 is 0 Å². The molecular weight excluding hydrogens is 356 g/mol. The SMILES string of the molecule is N#Cc1ccc(-c2ccc3c(c2)CC(NC(=O)Cc2[nH]c(=O)[nH]c2O)C3)cc1. The normalized spacial score (nSPS) is 15.0. The Kier molecular flexibility index (Phi) is 4.45. The molecule has 4 rings (SSSR count). The zero-order valence-corrected chi connectivity index (χ0v) is 15.0. The zero-order chi connectivity index (χ0) is 19.7. The first-order valence-corrected chi connectivity index (χ1v) is 8.93. The molecule has 0 bridgehead atoms. The number of fused-ring (bicyclic) bond motifs is 1. The van der Waals surface area contributed by atoms with Crippen LogP contribution in [-0.4, -0.2) is 27.0 Å². The maximum atomic E-state index is 12.2. The van der Waals surface area contributed by atoms with E-state index < -0.39 is 5.69 Å². The number of carbonyl (C=O) groups excluding carboxylic acids is 1. The van der Waals surface area contributed by atoms with E-state index >= 15 is 0 Å². The Balaban J connectivity index is 1.43. The molecule has 1 aromatic heterocycles. The van der Waals surface area contributed by atoms with Crippen molar-refractivity contribution in [1.29, 1.82) is 5.26 Å². The van der Waals surface area contributed by atoms with Crippen LogP contribution in [0.15, 0.2) is 47.3 Å². The summed E-state index contributed by atoms with van der Waals surface area (Å²) in [6.07, 6.45) is 1.37. The molecule has 3 aromatic rings. The summed E-state index contributed by atoms with van der Waals surface area (Å²) in [5.74, 6) is -0.558. The second kappa shape index (κ2) is 7.08. The molecule has 0 radical (unpaired) electrons. The van der Waals surface area contributed by atoms with Crippen molar-refractivity contribution in [3.63, 3.8) is 0 Å². The van der Waals surface area contributed by atoms with Gasteiger partial charge in [0.2, 0.25) is 11.8 Å². The molecule has 1 unspecified atom stereocenters. The first-order chi connectivity index (χ1) is 13.5. The van der Waals surface area contributed by atoms with Gasteiger partial charge in [-0.1, -0.05) is 30.3 Å². The van der Waals surface area contributed by atoms with Crippen LogP contribution in [0, 0.1) is 11.3 Å². The van der Waals surface area contributed by atoms with Crippen LogP contribution in [0.4, 0.5) is 0 Å². The number of nitrogens with zero attached hydrogens (tertiary/aromatic N) is 1. The highest BCUT2D eigenvalue weighted by molar-refractivity contribution is 5.79. The third-order valence-corrected chi connectivity index (χ3v) is 4.97. The number of hydrogen-bond acceptors (Lipinski definition) is 4. The minimum atomic E-state index is -0.538. The Morgan fingerprint density at radius 3 is 2.50 bits per heavy atom. The van der Waals surface area contributed by atoms with Gasteiger partial charge in [0.1, 0.15) is 0 Å². The lowest BCUT2D eigenvalue weighted by atomic mass is 10.00. The highest BCUT2D eigenvalue weighted by Gasteiger charge is 2.24. The summed E-state index contributed by atoms with van der Waals surface area (Å²) in [5.41, 5.74) is 4.77. The minimum Gasteiger partial charge on any atom is -0.493 e. The second-order valence-electron chi connectivity index (χ2n) is 6.93. The van der Waals surface area contributed by atoms with E-state index in [0.29, 0.717) is 5.56 Å². The lowest BCUT2D eigenvalue weighted by molar-refractivity contribution is -0.121. The summed E-state index contributed by atoms with van der Waals surface area (Å²) < 4.78 is 0. The number of imidazole rings is 1. The first-order valence-electron chi connectivity index (χ1n) is 8.93. The van der Waals surface area contributed by atoms with Crippen LogP contribution in [0.3, 0.4) is 0 Å². The fourth-order valence-electron chi connectivity index (χ4n) is 3.61. The number of nitriles is 1. The number of H-pyrrole nitrogens is 2. The Hall–Kier alpha value is -3.79. The third kappa shape index (κ3) is 3.53. The van der Waals surface area contributed by atoms with Gasteiger partial charge in [-0.3, -0.25) is 9.78 Å². The lowest BCUT2D eigenvalue weighted by Crippen LogP contribution is -2.36. The molecule has 1 aliphatic rings. The Morgan fingerprint density at radius 1 is 1.11 bits per heavy atom. The number of nitrogens with one attached hydrogen (secondary N) is 3. The highest BCUT2D eigenvalue weighted by Crippen LogP contribution is 2.28. The smallest absolute Gasteiger partial charge is 0.325 e. The van der Waals surface area contributed by atoms with Gasteiger partial charge >= 0.3 is 5.69 Å². The molecule has 0 saturated heterocycles. The Morgan fingerprint density at radius 2 is 1.82 bits per heavy atom. The maximum Gasteiger partial charge on any atom is 0.325 e. The van der Waals surface area contributed by atoms with Crippen LogP contribution in [0.25, 0.3) is 11.1 Å². The summed E-state index contributed by atoms with van der Waals surface area (Å²) in [4.78, 5) is 28.0. The van der Waals surface area contributed by atoms with Crippen molar-refractivity contribution in [1.82, 2.24) is 15.3 Å². The van der Waals surface area contributed by atoms with Crippen molar-refractivity contribution in [3.05, 3.63) is 75.3 Å². The molecule has 0 saturated carbocycles. The number of rotatable bonds is 4. The molecule has 0 aliphatic heterocycles. The van der Waals surface area contributed by atoms with Crippen molar-refractivity contribution in [3.8, 4) is 23.1 Å². The Bertz CT molecular complexity index is 1140. The number of amides is 1. The molecule has 2 aromatic carbocycles. The fraction of sp³-hybridized carbons (Fsp3) is 0.190. The largest absolute Gasteiger partial charge is 0.493 e. The molecule has 0 fully saturated rings. The van der Waals surface area contributed by atoms with Crippen molar-refractivity contribution < 1.29 is 9.90 Å². The number of hydrogen-bond donors (Lipinski definition) is 4. The first kappa shape index (κ1) is 17.6. The van der Waals surface area contributed by atoms with E-state index in [1.807, 2.05) is 18.2 Å². The Labute approximate surface area is 160 Å². The van der Waals surface area contributed by atoms with Crippen molar-refractivity contribution in [2.45, 2.75) is 25.3 Å². The van der Waals surface area contributed by atoms with E-state index in [1.165, 1.54) is 11.1 Å². The zero-order valence-electron chi connectivity index (χ0n) is 15.0. The standard InChI is InChI=1S/C21H18N4O3/c22-11-12-1-3-13(4-2-12)14-5-6-15-8-17(9-16(15)7-14)23-19(26)10-18-20(27)25-21(28)24-18/h1-7,17,27H,8-10H2,(H,23,26)(H2,24,25,28). The summed E-state index contributed by atoms with van der Waals surface area (Å²) in [7, 11) is 0. The van der Waals surface area contributed by atoms with Crippen LogP contribution in [0.1, 0.15) is 22.4 Å². The number of benzene rings is 2. The van der Waals surface area contributed by atoms with Gasteiger partial charge in [0.15, 0.2) is 0 Å². The molecule has 1 aliphatic carbocycles. The minimum absolute atomic E-state index is 0.0217. The van der Waals surface area contributed by atoms with E-state index in [2.05, 4.69) is 33.5 Å². The van der Waals surface area contributed by atoms with Gasteiger partial charge < -0.3 is 15.4 Å². The molecule has 1 heterocycles. The quantitative estimate of drug-likeness (QED) is 0.556. The van der Waals surface area contributed by atoms with Crippen LogP contribution in [0.2, 0.25) is 0 Å². The summed E-state index contributed by atoms with van der Waals surface area (Å²) in [6, 6.07) is 15.8. The van der Waals surface area contributed by atoms with Crippen LogP contribution in [-0.2, 0) is 24.1 Å². The van der Waals surface area contributed by atoms with E-state index in [-0.39, 0.29) is 29.9 Å². The van der Waals surface area contributed by atoms with Gasteiger partial charge in [0, 0.05) is 6.04 Å². The van der Waals surface area contributed by atoms with E-state index in [4.69, 9.17) is 5.26 Å². The predicted molar refractivity (Wildman–Crippen MR) is 103 cm³/mol. The topological polar surface area (TPSA) is 122 Å². The van der Waals surface area contributed by atoms with E-state index in [9.17, 15) is 14.7 Å². The molecule has 1 atom stereocenters. The summed E-state index contributed by atoms with van der Waals surface area (Å²) in [5, 5.41) is 21.5. The predicted octanol–water partition coefficient (Wildman–Crippen LogP) is 1.77. The van der Waals surface area contributed by atoms with E-state index in [0.717, 1.165) is 24.0 Å². The van der Waals surface area contributed by atoms with Gasteiger partial charge in [-0.15, -0.1) is 0 Å². The van der Waals surface area contributed by atoms with Gasteiger partial charge in [0.05, 0.1) is 23.7 Å². The monoisotopic (exact) mass is 374 g/mol. The average molecular weight is 374 g/mol. The molecule has 1 amide bonds. The summed E-state index contributed by atoms with van der Waals surface area (Å²) in [6.45, 7) is 0. The summed E-state index contributed by atoms with van der Waals surface area (Å²) >= 11 is 0.